The first kappa shape index (κ1) is 28.1. The summed E-state index contributed by atoms with van der Waals surface area (Å²) in [6, 6.07) is 19.7. The lowest BCUT2D eigenvalue weighted by Crippen LogP contribution is -2.49. The van der Waals surface area contributed by atoms with Gasteiger partial charge in [0.15, 0.2) is 17.3 Å². The van der Waals surface area contributed by atoms with E-state index in [2.05, 4.69) is 25.2 Å². The molecule has 3 heterocycles. The number of nitrogens with zero attached hydrogens (tertiary/aromatic N) is 5. The minimum atomic E-state index is -0.514. The number of nitrogens with two attached hydrogens (primary N) is 1. The van der Waals surface area contributed by atoms with Crippen LogP contribution in [0.5, 0.6) is 11.5 Å². The molecule has 0 saturated carbocycles. The summed E-state index contributed by atoms with van der Waals surface area (Å²) in [5, 5.41) is 2.75. The molecule has 11 nitrogen and oxygen atoms in total. The number of nitrogens with one attached hydrogen (secondary N) is 1. The van der Waals surface area contributed by atoms with Gasteiger partial charge < -0.3 is 30.3 Å². The summed E-state index contributed by atoms with van der Waals surface area (Å²) >= 11 is 0. The minimum absolute atomic E-state index is 0.0560. The Hall–Kier alpha value is -5.45. The lowest BCUT2D eigenvalue weighted by molar-refractivity contribution is -0.112. The Morgan fingerprint density at radius 3 is 2.33 bits per heavy atom. The molecule has 0 bridgehead atoms. The Morgan fingerprint density at radius 1 is 0.881 bits per heavy atom. The van der Waals surface area contributed by atoms with Crippen LogP contribution in [0.2, 0.25) is 0 Å². The third-order valence-corrected chi connectivity index (χ3v) is 6.83. The molecule has 11 heteroatoms. The first-order valence-corrected chi connectivity index (χ1v) is 13.3. The van der Waals surface area contributed by atoms with E-state index in [1.807, 2.05) is 29.2 Å². The second kappa shape index (κ2) is 12.8. The van der Waals surface area contributed by atoms with Gasteiger partial charge >= 0.3 is 0 Å². The molecule has 5 rings (SSSR count). The normalized spacial score (nSPS) is 13.4. The summed E-state index contributed by atoms with van der Waals surface area (Å²) in [4.78, 5) is 42.9. The number of anilines is 2. The van der Waals surface area contributed by atoms with Gasteiger partial charge in [-0.25, -0.2) is 15.0 Å². The Balaban J connectivity index is 1.19. The fourth-order valence-electron chi connectivity index (χ4n) is 4.57. The van der Waals surface area contributed by atoms with Crippen LogP contribution in [-0.2, 0) is 4.79 Å². The maximum absolute atomic E-state index is 13.0. The predicted molar refractivity (Wildman–Crippen MR) is 160 cm³/mol. The maximum Gasteiger partial charge on any atom is 0.271 e. The van der Waals surface area contributed by atoms with Crippen LogP contribution in [0.3, 0.4) is 0 Å². The monoisotopic (exact) mass is 565 g/mol. The van der Waals surface area contributed by atoms with Crippen molar-refractivity contribution in [3.05, 3.63) is 96.2 Å². The number of carbonyl (C=O) groups is 2. The van der Waals surface area contributed by atoms with Gasteiger partial charge in [0.1, 0.15) is 11.5 Å². The number of benzene rings is 2. The van der Waals surface area contributed by atoms with Gasteiger partial charge in [0.2, 0.25) is 0 Å². The summed E-state index contributed by atoms with van der Waals surface area (Å²) in [6.45, 7) is 2.63. The Labute approximate surface area is 243 Å². The van der Waals surface area contributed by atoms with E-state index in [-0.39, 0.29) is 17.4 Å². The third kappa shape index (κ3) is 6.47. The van der Waals surface area contributed by atoms with E-state index in [1.165, 1.54) is 6.08 Å². The second-order valence-corrected chi connectivity index (χ2v) is 9.47. The largest absolute Gasteiger partial charge is 0.493 e. The Kier molecular flexibility index (Phi) is 8.57. The molecule has 42 heavy (non-hydrogen) atoms. The number of ether oxygens (including phenoxy) is 2. The molecule has 0 atom stereocenters. The summed E-state index contributed by atoms with van der Waals surface area (Å²) in [7, 11) is 3.13. The lowest BCUT2D eigenvalue weighted by atomic mass is 10.1. The molecular weight excluding hydrogens is 534 g/mol. The standard InChI is InChI=1S/C31H31N7O4/c1-41-26-11-8-22(19-27(26)42-2)25-12-14-33-28(36-25)20-24(32)30(39)35-23-9-6-21(7-10-23)31(40)38-17-15-37(16-18-38)29-5-3-4-13-34-29/h3-14,19-20H,15-18,32H2,1-2H3,(H,35,39). The molecule has 1 fully saturated rings. The molecule has 3 N–H and O–H groups in total. The summed E-state index contributed by atoms with van der Waals surface area (Å²) in [6.07, 6.45) is 4.76. The molecule has 1 saturated heterocycles. The van der Waals surface area contributed by atoms with Crippen molar-refractivity contribution in [2.45, 2.75) is 0 Å². The van der Waals surface area contributed by atoms with Gasteiger partial charge in [-0.15, -0.1) is 0 Å². The number of piperazine rings is 1. The van der Waals surface area contributed by atoms with Crippen LogP contribution in [-0.4, -0.2) is 72.1 Å². The van der Waals surface area contributed by atoms with Crippen molar-refractivity contribution >= 4 is 29.4 Å². The number of methoxy groups -OCH3 is 2. The zero-order valence-electron chi connectivity index (χ0n) is 23.4. The van der Waals surface area contributed by atoms with E-state index >= 15 is 0 Å². The van der Waals surface area contributed by atoms with Gasteiger partial charge in [-0.05, 0) is 60.7 Å². The van der Waals surface area contributed by atoms with Crippen molar-refractivity contribution in [1.82, 2.24) is 19.9 Å². The molecular formula is C31H31N7O4. The molecule has 2 aromatic heterocycles. The molecule has 2 aromatic carbocycles. The van der Waals surface area contributed by atoms with E-state index in [0.29, 0.717) is 54.6 Å². The SMILES string of the molecule is COc1ccc(-c2ccnc(C=C(N)C(=O)Nc3ccc(C(=O)N4CCN(c5ccccn5)CC4)cc3)n2)cc1OC. The van der Waals surface area contributed by atoms with E-state index in [0.717, 1.165) is 11.4 Å². The second-order valence-electron chi connectivity index (χ2n) is 9.47. The number of aromatic nitrogens is 3. The zero-order valence-corrected chi connectivity index (χ0v) is 23.4. The Bertz CT molecular complexity index is 1580. The minimum Gasteiger partial charge on any atom is -0.493 e. The van der Waals surface area contributed by atoms with E-state index < -0.39 is 5.91 Å². The molecule has 0 aliphatic carbocycles. The van der Waals surface area contributed by atoms with Crippen molar-refractivity contribution in [3.8, 4) is 22.8 Å². The van der Waals surface area contributed by atoms with Crippen LogP contribution < -0.4 is 25.4 Å². The van der Waals surface area contributed by atoms with Crippen LogP contribution in [0, 0.1) is 0 Å². The highest BCUT2D eigenvalue weighted by Gasteiger charge is 2.23. The number of amides is 2. The van der Waals surface area contributed by atoms with Crippen molar-refractivity contribution in [1.29, 1.82) is 0 Å². The molecule has 214 valence electrons. The average Bonchev–Trinajstić information content (AvgIpc) is 3.05. The maximum atomic E-state index is 13.0. The van der Waals surface area contributed by atoms with Crippen LogP contribution in [0.4, 0.5) is 11.5 Å². The highest BCUT2D eigenvalue weighted by atomic mass is 16.5. The quantitative estimate of drug-likeness (QED) is 0.308. The number of rotatable bonds is 8. The van der Waals surface area contributed by atoms with E-state index in [1.54, 1.807) is 69.1 Å². The molecule has 4 aromatic rings. The smallest absolute Gasteiger partial charge is 0.271 e. The van der Waals surface area contributed by atoms with Gasteiger partial charge in [0.25, 0.3) is 11.8 Å². The van der Waals surface area contributed by atoms with Gasteiger partial charge in [-0.1, -0.05) is 6.07 Å². The van der Waals surface area contributed by atoms with Gasteiger partial charge in [-0.3, -0.25) is 9.59 Å². The molecule has 1 aliphatic heterocycles. The summed E-state index contributed by atoms with van der Waals surface area (Å²) in [5.41, 5.74) is 8.47. The van der Waals surface area contributed by atoms with E-state index in [9.17, 15) is 9.59 Å². The van der Waals surface area contributed by atoms with Crippen LogP contribution >= 0.6 is 0 Å². The third-order valence-electron chi connectivity index (χ3n) is 6.83. The predicted octanol–water partition coefficient (Wildman–Crippen LogP) is 3.46. The number of carbonyl (C=O) groups excluding carboxylic acids is 2. The topological polar surface area (TPSA) is 136 Å². The van der Waals surface area contributed by atoms with Gasteiger partial charge in [0, 0.05) is 61.5 Å². The number of pyridine rings is 1. The van der Waals surface area contributed by atoms with Crippen molar-refractivity contribution in [2.75, 3.05) is 50.6 Å². The first-order chi connectivity index (χ1) is 20.4. The van der Waals surface area contributed by atoms with Gasteiger partial charge in [0.05, 0.1) is 19.9 Å². The highest BCUT2D eigenvalue weighted by Crippen LogP contribution is 2.31. The van der Waals surface area contributed by atoms with E-state index in [4.69, 9.17) is 15.2 Å². The van der Waals surface area contributed by atoms with Crippen molar-refractivity contribution in [3.63, 3.8) is 0 Å². The van der Waals surface area contributed by atoms with Crippen molar-refractivity contribution in [2.24, 2.45) is 5.73 Å². The van der Waals surface area contributed by atoms with Crippen LogP contribution in [0.15, 0.2) is 84.8 Å². The fourth-order valence-corrected chi connectivity index (χ4v) is 4.57. The van der Waals surface area contributed by atoms with Crippen LogP contribution in [0.1, 0.15) is 16.2 Å². The summed E-state index contributed by atoms with van der Waals surface area (Å²) in [5.74, 6) is 1.79. The highest BCUT2D eigenvalue weighted by molar-refractivity contribution is 6.06. The zero-order chi connectivity index (χ0) is 29.5. The molecule has 1 aliphatic rings. The first-order valence-electron chi connectivity index (χ1n) is 13.3. The molecule has 0 radical (unpaired) electrons. The summed E-state index contributed by atoms with van der Waals surface area (Å²) < 4.78 is 10.7. The number of hydrogen-bond acceptors (Lipinski definition) is 9. The van der Waals surface area contributed by atoms with Crippen LogP contribution in [0.25, 0.3) is 17.3 Å². The lowest BCUT2D eigenvalue weighted by Gasteiger charge is -2.35. The molecule has 2 amide bonds. The van der Waals surface area contributed by atoms with Gasteiger partial charge in [-0.2, -0.15) is 0 Å². The molecule has 0 unspecified atom stereocenters. The average molecular weight is 566 g/mol. The number of hydrogen-bond donors (Lipinski definition) is 2. The van der Waals surface area contributed by atoms with Crippen molar-refractivity contribution < 1.29 is 19.1 Å². The Morgan fingerprint density at radius 2 is 1.64 bits per heavy atom. The fraction of sp³-hybridized carbons (Fsp3) is 0.194. The molecule has 0 spiro atoms.